The van der Waals surface area contributed by atoms with Gasteiger partial charge in [-0.05, 0) is 0 Å². The third kappa shape index (κ3) is 1.78. The normalized spacial score (nSPS) is 11.7. The molecule has 9 heteroatoms. The largest absolute Gasteiger partial charge is 0.504 e. The summed E-state index contributed by atoms with van der Waals surface area (Å²) in [6, 6.07) is 0. The Morgan fingerprint density at radius 1 is 1.38 bits per heavy atom. The lowest BCUT2D eigenvalue weighted by Crippen LogP contribution is -2.16. The van der Waals surface area contributed by atoms with Gasteiger partial charge in [0.15, 0.2) is 0 Å². The quantitative estimate of drug-likeness (QED) is 0.728. The van der Waals surface area contributed by atoms with E-state index in [1.165, 1.54) is 0 Å². The fraction of sp³-hybridized carbons (Fsp3) is 0.143. The third-order valence-corrected chi connectivity index (χ3v) is 1.63. The predicted octanol–water partition coefficient (Wildman–Crippen LogP) is 1.22. The van der Waals surface area contributed by atoms with Crippen LogP contribution in [-0.4, -0.2) is 26.3 Å². The van der Waals surface area contributed by atoms with Crippen molar-refractivity contribution in [2.45, 2.75) is 6.30 Å². The standard InChI is InChI=1S/C7H3F3N4O2/c8-7(9,10)14-2-4(1-11-14)6-13-12-5(3-15)16-6/h1-3H. The van der Waals surface area contributed by atoms with E-state index in [9.17, 15) is 18.0 Å². The highest BCUT2D eigenvalue weighted by Gasteiger charge is 2.32. The van der Waals surface area contributed by atoms with Crippen LogP contribution in [0, 0.1) is 0 Å². The molecule has 0 atom stereocenters. The van der Waals surface area contributed by atoms with Crippen molar-refractivity contribution in [2.24, 2.45) is 0 Å². The van der Waals surface area contributed by atoms with E-state index in [1.807, 2.05) is 0 Å². The number of hydrogen-bond donors (Lipinski definition) is 0. The van der Waals surface area contributed by atoms with E-state index >= 15 is 0 Å². The van der Waals surface area contributed by atoms with Gasteiger partial charge in [-0.1, -0.05) is 0 Å². The van der Waals surface area contributed by atoms with Crippen molar-refractivity contribution in [2.75, 3.05) is 0 Å². The molecule has 0 amide bonds. The lowest BCUT2D eigenvalue weighted by Gasteiger charge is -2.03. The minimum Gasteiger partial charge on any atom is -0.414 e. The summed E-state index contributed by atoms with van der Waals surface area (Å²) >= 11 is 0. The first kappa shape index (κ1) is 10.3. The van der Waals surface area contributed by atoms with Gasteiger partial charge in [0.25, 0.3) is 11.8 Å². The number of carbonyl (C=O) groups is 1. The molecule has 84 valence electrons. The lowest BCUT2D eigenvalue weighted by atomic mass is 10.4. The number of aldehydes is 1. The summed E-state index contributed by atoms with van der Waals surface area (Å²) in [6.07, 6.45) is -2.71. The monoisotopic (exact) mass is 232 g/mol. The highest BCUT2D eigenvalue weighted by molar-refractivity contribution is 5.67. The van der Waals surface area contributed by atoms with Crippen molar-refractivity contribution >= 4 is 6.29 Å². The summed E-state index contributed by atoms with van der Waals surface area (Å²) in [5, 5.41) is 9.74. The van der Waals surface area contributed by atoms with E-state index in [4.69, 9.17) is 4.42 Å². The van der Waals surface area contributed by atoms with Crippen LogP contribution in [0.25, 0.3) is 11.5 Å². The van der Waals surface area contributed by atoms with Gasteiger partial charge in [-0.15, -0.1) is 23.4 Å². The van der Waals surface area contributed by atoms with Crippen molar-refractivity contribution in [3.05, 3.63) is 18.3 Å². The van der Waals surface area contributed by atoms with E-state index in [0.717, 1.165) is 6.20 Å². The first-order valence-corrected chi connectivity index (χ1v) is 3.91. The molecular weight excluding hydrogens is 229 g/mol. The molecule has 0 fully saturated rings. The SMILES string of the molecule is O=Cc1nnc(-c2cnn(C(F)(F)F)c2)o1. The van der Waals surface area contributed by atoms with Crippen LogP contribution in [0.2, 0.25) is 0 Å². The minimum atomic E-state index is -4.61. The molecule has 0 spiro atoms. The Balaban J connectivity index is 2.35. The van der Waals surface area contributed by atoms with Gasteiger partial charge >= 0.3 is 6.30 Å². The van der Waals surface area contributed by atoms with Crippen LogP contribution in [-0.2, 0) is 6.30 Å². The van der Waals surface area contributed by atoms with E-state index in [0.29, 0.717) is 12.5 Å². The Morgan fingerprint density at radius 2 is 2.12 bits per heavy atom. The Labute approximate surface area is 85.7 Å². The molecule has 0 radical (unpaired) electrons. The van der Waals surface area contributed by atoms with Crippen LogP contribution in [0.1, 0.15) is 10.7 Å². The van der Waals surface area contributed by atoms with Crippen molar-refractivity contribution in [1.82, 2.24) is 20.0 Å². The van der Waals surface area contributed by atoms with Gasteiger partial charge in [0.1, 0.15) is 0 Å². The highest BCUT2D eigenvalue weighted by Crippen LogP contribution is 2.24. The molecule has 0 bridgehead atoms. The Hall–Kier alpha value is -2.19. The number of nitrogens with zero attached hydrogens (tertiary/aromatic N) is 4. The Morgan fingerprint density at radius 3 is 2.62 bits per heavy atom. The van der Waals surface area contributed by atoms with E-state index in [-0.39, 0.29) is 22.0 Å². The van der Waals surface area contributed by atoms with Gasteiger partial charge in [0, 0.05) is 6.20 Å². The van der Waals surface area contributed by atoms with Gasteiger partial charge in [-0.2, -0.15) is 9.78 Å². The number of hydrogen-bond acceptors (Lipinski definition) is 5. The fourth-order valence-electron chi connectivity index (χ4n) is 0.971. The summed E-state index contributed by atoms with van der Waals surface area (Å²) in [5.41, 5.74) is -0.0158. The summed E-state index contributed by atoms with van der Waals surface area (Å²) in [7, 11) is 0. The maximum Gasteiger partial charge on any atom is 0.504 e. The van der Waals surface area contributed by atoms with E-state index < -0.39 is 6.30 Å². The van der Waals surface area contributed by atoms with Crippen molar-refractivity contribution < 1.29 is 22.4 Å². The molecule has 2 aromatic heterocycles. The molecule has 2 rings (SSSR count). The first-order valence-electron chi connectivity index (χ1n) is 3.91. The maximum absolute atomic E-state index is 12.2. The van der Waals surface area contributed by atoms with Crippen LogP contribution < -0.4 is 0 Å². The molecule has 16 heavy (non-hydrogen) atoms. The van der Waals surface area contributed by atoms with Gasteiger partial charge in [-0.3, -0.25) is 4.79 Å². The van der Waals surface area contributed by atoms with Crippen LogP contribution in [0.5, 0.6) is 0 Å². The molecule has 0 saturated heterocycles. The highest BCUT2D eigenvalue weighted by atomic mass is 19.4. The molecule has 6 nitrogen and oxygen atoms in total. The van der Waals surface area contributed by atoms with Crippen LogP contribution in [0.4, 0.5) is 13.2 Å². The molecule has 0 aliphatic heterocycles. The van der Waals surface area contributed by atoms with Crippen molar-refractivity contribution in [3.8, 4) is 11.5 Å². The van der Waals surface area contributed by atoms with Crippen LogP contribution >= 0.6 is 0 Å². The summed E-state index contributed by atoms with van der Waals surface area (Å²) in [4.78, 5) is 10.2. The maximum atomic E-state index is 12.2. The topological polar surface area (TPSA) is 73.8 Å². The minimum absolute atomic E-state index is 0.0158. The first-order chi connectivity index (χ1) is 7.50. The predicted molar refractivity (Wildman–Crippen MR) is 42.2 cm³/mol. The lowest BCUT2D eigenvalue weighted by molar-refractivity contribution is -0.212. The molecule has 2 heterocycles. The molecule has 0 aliphatic rings. The van der Waals surface area contributed by atoms with Gasteiger partial charge in [0.05, 0.1) is 11.8 Å². The zero-order valence-electron chi connectivity index (χ0n) is 7.47. The van der Waals surface area contributed by atoms with Crippen molar-refractivity contribution in [1.29, 1.82) is 0 Å². The zero-order valence-corrected chi connectivity index (χ0v) is 7.47. The fourth-order valence-corrected chi connectivity index (χ4v) is 0.971. The zero-order chi connectivity index (χ0) is 11.8. The van der Waals surface area contributed by atoms with Crippen LogP contribution in [0.15, 0.2) is 16.8 Å². The van der Waals surface area contributed by atoms with Gasteiger partial charge < -0.3 is 4.42 Å². The number of aromatic nitrogens is 4. The van der Waals surface area contributed by atoms with E-state index in [2.05, 4.69) is 15.3 Å². The smallest absolute Gasteiger partial charge is 0.414 e. The second kappa shape index (κ2) is 3.43. The summed E-state index contributed by atoms with van der Waals surface area (Å²) in [5.74, 6) is -0.507. The summed E-state index contributed by atoms with van der Waals surface area (Å²) < 4.78 is 41.0. The van der Waals surface area contributed by atoms with Crippen LogP contribution in [0.3, 0.4) is 0 Å². The second-order valence-electron chi connectivity index (χ2n) is 2.70. The van der Waals surface area contributed by atoms with Gasteiger partial charge in [0.2, 0.25) is 6.29 Å². The second-order valence-corrected chi connectivity index (χ2v) is 2.70. The number of alkyl halides is 3. The Bertz CT molecular complexity index is 516. The molecular formula is C7H3F3N4O2. The number of halogens is 3. The molecule has 2 aromatic rings. The molecule has 0 aliphatic carbocycles. The summed E-state index contributed by atoms with van der Waals surface area (Å²) in [6.45, 7) is 0. The van der Waals surface area contributed by atoms with Gasteiger partial charge in [-0.25, -0.2) is 0 Å². The Kier molecular flexibility index (Phi) is 2.22. The molecule has 0 saturated carbocycles. The average Bonchev–Trinajstić information content (AvgIpc) is 2.85. The van der Waals surface area contributed by atoms with Crippen molar-refractivity contribution in [3.63, 3.8) is 0 Å². The average molecular weight is 232 g/mol. The molecule has 0 N–H and O–H groups in total. The molecule has 0 aromatic carbocycles. The third-order valence-electron chi connectivity index (χ3n) is 1.63. The molecule has 0 unspecified atom stereocenters. The van der Waals surface area contributed by atoms with E-state index in [1.54, 1.807) is 0 Å². The number of rotatable bonds is 2. The number of carbonyl (C=O) groups excluding carboxylic acids is 1.